The molecule has 0 saturated heterocycles. The van der Waals surface area contributed by atoms with Crippen LogP contribution in [0.3, 0.4) is 0 Å². The smallest absolute Gasteiger partial charge is 0.228 e. The maximum Gasteiger partial charge on any atom is 0.228 e. The lowest BCUT2D eigenvalue weighted by atomic mass is 10.1. The Morgan fingerprint density at radius 2 is 2.00 bits per heavy atom. The fourth-order valence-electron chi connectivity index (χ4n) is 1.32. The molecular weight excluding hydrogens is 298 g/mol. The van der Waals surface area contributed by atoms with Crippen LogP contribution in [0.1, 0.15) is 13.3 Å². The molecule has 0 heterocycles. The minimum atomic E-state index is -0.328. The molecule has 1 rings (SSSR count). The molecule has 20 heavy (non-hydrogen) atoms. The molecule has 0 spiro atoms. The summed E-state index contributed by atoms with van der Waals surface area (Å²) in [6.07, 6.45) is 0.312. The zero-order valence-electron chi connectivity index (χ0n) is 11.3. The van der Waals surface area contributed by atoms with E-state index in [0.29, 0.717) is 18.7 Å². The van der Waals surface area contributed by atoms with Crippen molar-refractivity contribution < 1.29 is 9.59 Å². The quantitative estimate of drug-likeness (QED) is 0.665. The average molecular weight is 318 g/mol. The van der Waals surface area contributed by atoms with Gasteiger partial charge in [-0.05, 0) is 12.1 Å². The van der Waals surface area contributed by atoms with Crippen LogP contribution in [0.4, 0.5) is 5.69 Å². The third kappa shape index (κ3) is 6.27. The van der Waals surface area contributed by atoms with Crippen LogP contribution in [0.5, 0.6) is 0 Å². The molecule has 1 atom stereocenters. The van der Waals surface area contributed by atoms with Crippen LogP contribution in [-0.4, -0.2) is 24.1 Å². The van der Waals surface area contributed by atoms with E-state index in [4.69, 9.17) is 11.5 Å². The summed E-state index contributed by atoms with van der Waals surface area (Å²) in [5.41, 5.74) is 11.3. The van der Waals surface area contributed by atoms with E-state index in [-0.39, 0.29) is 30.1 Å². The minimum absolute atomic E-state index is 0. The number of halogens is 1. The third-order valence-electron chi connectivity index (χ3n) is 2.55. The van der Waals surface area contributed by atoms with Crippen molar-refractivity contribution in [2.45, 2.75) is 18.2 Å². The Morgan fingerprint density at radius 1 is 1.35 bits per heavy atom. The van der Waals surface area contributed by atoms with Crippen molar-refractivity contribution in [3.63, 3.8) is 0 Å². The number of carbonyl (C=O) groups excluding carboxylic acids is 2. The second-order valence-electron chi connectivity index (χ2n) is 4.19. The molecular formula is C13H20ClN3O2S. The van der Waals surface area contributed by atoms with Crippen LogP contribution in [0.2, 0.25) is 0 Å². The van der Waals surface area contributed by atoms with E-state index >= 15 is 0 Å². The van der Waals surface area contributed by atoms with Crippen LogP contribution < -0.4 is 16.8 Å². The summed E-state index contributed by atoms with van der Waals surface area (Å²) < 4.78 is 0. The van der Waals surface area contributed by atoms with E-state index in [2.05, 4.69) is 5.32 Å². The van der Waals surface area contributed by atoms with Crippen LogP contribution in [-0.2, 0) is 9.59 Å². The number of hydrogen-bond donors (Lipinski definition) is 3. The van der Waals surface area contributed by atoms with Gasteiger partial charge in [0.25, 0.3) is 0 Å². The van der Waals surface area contributed by atoms with Crippen molar-refractivity contribution in [3.05, 3.63) is 24.3 Å². The first-order valence-electron chi connectivity index (χ1n) is 6.05. The summed E-state index contributed by atoms with van der Waals surface area (Å²) in [6.45, 7) is 2.08. The summed E-state index contributed by atoms with van der Waals surface area (Å²) in [5.74, 6) is -0.0748. The van der Waals surface area contributed by atoms with Gasteiger partial charge >= 0.3 is 0 Å². The van der Waals surface area contributed by atoms with E-state index in [0.717, 1.165) is 10.6 Å². The highest BCUT2D eigenvalue weighted by Crippen LogP contribution is 2.27. The number of thioether (sulfide) groups is 1. The Morgan fingerprint density at radius 3 is 2.60 bits per heavy atom. The Kier molecular flexibility index (Phi) is 9.03. The van der Waals surface area contributed by atoms with E-state index in [1.807, 2.05) is 24.3 Å². The number of primary amides is 1. The monoisotopic (exact) mass is 317 g/mol. The van der Waals surface area contributed by atoms with Gasteiger partial charge in [-0.2, -0.15) is 0 Å². The lowest BCUT2D eigenvalue weighted by Gasteiger charge is -2.13. The maximum absolute atomic E-state index is 11.8. The fourth-order valence-corrected chi connectivity index (χ4v) is 2.29. The van der Waals surface area contributed by atoms with Crippen molar-refractivity contribution in [1.82, 2.24) is 0 Å². The molecule has 1 aromatic carbocycles. The number of amides is 2. The first-order valence-corrected chi connectivity index (χ1v) is 7.04. The SMILES string of the molecule is CC(CN)C(=O)Nc1ccccc1SCCC(N)=O.Cl. The molecule has 0 aliphatic rings. The number of rotatable bonds is 7. The minimum Gasteiger partial charge on any atom is -0.370 e. The second kappa shape index (κ2) is 9.63. The number of anilines is 1. The summed E-state index contributed by atoms with van der Waals surface area (Å²) in [7, 11) is 0. The van der Waals surface area contributed by atoms with Crippen LogP contribution in [0.15, 0.2) is 29.2 Å². The van der Waals surface area contributed by atoms with Gasteiger partial charge in [0, 0.05) is 29.5 Å². The van der Waals surface area contributed by atoms with Crippen LogP contribution in [0.25, 0.3) is 0 Å². The summed E-state index contributed by atoms with van der Waals surface area (Å²) in [4.78, 5) is 23.4. The number of carbonyl (C=O) groups is 2. The second-order valence-corrected chi connectivity index (χ2v) is 5.32. The number of para-hydroxylation sites is 1. The first kappa shape index (κ1) is 18.8. The van der Waals surface area contributed by atoms with Gasteiger partial charge in [0.2, 0.25) is 11.8 Å². The molecule has 0 aliphatic carbocycles. The molecule has 5 N–H and O–H groups in total. The van der Waals surface area contributed by atoms with Gasteiger partial charge in [-0.25, -0.2) is 0 Å². The Labute approximate surface area is 129 Å². The van der Waals surface area contributed by atoms with E-state index in [9.17, 15) is 9.59 Å². The summed E-state index contributed by atoms with van der Waals surface area (Å²) in [6, 6.07) is 7.46. The first-order chi connectivity index (χ1) is 9.04. The van der Waals surface area contributed by atoms with Crippen molar-refractivity contribution in [2.75, 3.05) is 17.6 Å². The van der Waals surface area contributed by atoms with Gasteiger partial charge in [0.05, 0.1) is 5.69 Å². The molecule has 1 unspecified atom stereocenters. The highest BCUT2D eigenvalue weighted by Gasteiger charge is 2.12. The number of hydrogen-bond acceptors (Lipinski definition) is 4. The zero-order chi connectivity index (χ0) is 14.3. The molecule has 1 aromatic rings. The number of benzene rings is 1. The molecule has 0 fully saturated rings. The van der Waals surface area contributed by atoms with Crippen LogP contribution in [0, 0.1) is 5.92 Å². The van der Waals surface area contributed by atoms with Gasteiger partial charge in [0.1, 0.15) is 0 Å². The molecule has 2 amide bonds. The maximum atomic E-state index is 11.8. The van der Waals surface area contributed by atoms with Gasteiger partial charge < -0.3 is 16.8 Å². The van der Waals surface area contributed by atoms with E-state index in [1.54, 1.807) is 6.92 Å². The summed E-state index contributed by atoms with van der Waals surface area (Å²) >= 11 is 1.49. The van der Waals surface area contributed by atoms with Gasteiger partial charge in [-0.3, -0.25) is 9.59 Å². The molecule has 0 aliphatic heterocycles. The Hall–Kier alpha value is -1.24. The average Bonchev–Trinajstić information content (AvgIpc) is 2.39. The molecule has 7 heteroatoms. The normalized spacial score (nSPS) is 11.3. The van der Waals surface area contributed by atoms with Crippen molar-refractivity contribution in [2.24, 2.45) is 17.4 Å². The number of nitrogens with one attached hydrogen (secondary N) is 1. The van der Waals surface area contributed by atoms with Crippen LogP contribution >= 0.6 is 24.2 Å². The lowest BCUT2D eigenvalue weighted by Crippen LogP contribution is -2.26. The molecule has 0 saturated carbocycles. The van der Waals surface area contributed by atoms with E-state index in [1.165, 1.54) is 11.8 Å². The zero-order valence-corrected chi connectivity index (χ0v) is 12.9. The van der Waals surface area contributed by atoms with Crippen molar-refractivity contribution >= 4 is 41.7 Å². The highest BCUT2D eigenvalue weighted by molar-refractivity contribution is 7.99. The lowest BCUT2D eigenvalue weighted by molar-refractivity contribution is -0.119. The molecule has 112 valence electrons. The fraction of sp³-hybridized carbons (Fsp3) is 0.385. The van der Waals surface area contributed by atoms with Gasteiger partial charge in [0.15, 0.2) is 0 Å². The topological polar surface area (TPSA) is 98.2 Å². The predicted molar refractivity (Wildman–Crippen MR) is 85.1 cm³/mol. The van der Waals surface area contributed by atoms with E-state index < -0.39 is 0 Å². The largest absolute Gasteiger partial charge is 0.370 e. The highest BCUT2D eigenvalue weighted by atomic mass is 35.5. The Bertz CT molecular complexity index is 457. The standard InChI is InChI=1S/C13H19N3O2S.ClH/c1-9(8-14)13(18)16-10-4-2-3-5-11(10)19-7-6-12(15)17;/h2-5,9H,6-8,14H2,1H3,(H2,15,17)(H,16,18);1H. The summed E-state index contributed by atoms with van der Waals surface area (Å²) in [5, 5.41) is 2.84. The van der Waals surface area contributed by atoms with Gasteiger partial charge in [-0.1, -0.05) is 19.1 Å². The Balaban J connectivity index is 0.00000361. The third-order valence-corrected chi connectivity index (χ3v) is 3.63. The molecule has 0 bridgehead atoms. The van der Waals surface area contributed by atoms with Crippen molar-refractivity contribution in [3.8, 4) is 0 Å². The van der Waals surface area contributed by atoms with Crippen molar-refractivity contribution in [1.29, 1.82) is 0 Å². The molecule has 0 radical (unpaired) electrons. The number of nitrogens with two attached hydrogens (primary N) is 2. The molecule has 5 nitrogen and oxygen atoms in total. The van der Waals surface area contributed by atoms with Gasteiger partial charge in [-0.15, -0.1) is 24.2 Å². The molecule has 0 aromatic heterocycles. The predicted octanol–water partition coefficient (Wildman–Crippen LogP) is 1.61.